The highest BCUT2D eigenvalue weighted by Crippen LogP contribution is 2.37. The van der Waals surface area contributed by atoms with E-state index in [0.717, 1.165) is 58.1 Å². The molecule has 2 saturated heterocycles. The van der Waals surface area contributed by atoms with Crippen molar-refractivity contribution < 1.29 is 4.74 Å². The van der Waals surface area contributed by atoms with Gasteiger partial charge in [-0.15, -0.1) is 5.10 Å². The fourth-order valence-corrected chi connectivity index (χ4v) is 4.51. The number of hydrogen-bond acceptors (Lipinski definition) is 6. The zero-order valence-electron chi connectivity index (χ0n) is 16.3. The van der Waals surface area contributed by atoms with Crippen molar-refractivity contribution in [2.24, 2.45) is 0 Å². The van der Waals surface area contributed by atoms with E-state index in [1.54, 1.807) is 0 Å². The number of hydrogen-bond donors (Lipinski definition) is 0. The molecule has 2 aliphatic rings. The molecule has 2 aliphatic heterocycles. The van der Waals surface area contributed by atoms with E-state index >= 15 is 0 Å². The molecule has 0 saturated carbocycles. The normalized spacial score (nSPS) is 21.8. The Labute approximate surface area is 161 Å². The molecule has 146 valence electrons. The first-order valence-electron chi connectivity index (χ1n) is 10.2. The fourth-order valence-electron chi connectivity index (χ4n) is 4.51. The average molecular weight is 371 g/mol. The number of benzene rings is 1. The van der Waals surface area contributed by atoms with Gasteiger partial charge in [0.2, 0.25) is 0 Å². The standard InChI is InChI=1S/C20H30N6O/c1-2-24-11-6-12-25(14-13-24)20(9-15-27-16-10-20)19-21-22-23-26(19)17-18-7-4-3-5-8-18/h3-5,7-8H,2,6,9-17H2,1H3. The lowest BCUT2D eigenvalue weighted by Gasteiger charge is -2.44. The maximum atomic E-state index is 5.73. The van der Waals surface area contributed by atoms with E-state index in [2.05, 4.69) is 56.5 Å². The summed E-state index contributed by atoms with van der Waals surface area (Å²) in [6.45, 7) is 10.1. The summed E-state index contributed by atoms with van der Waals surface area (Å²) in [5, 5.41) is 13.0. The monoisotopic (exact) mass is 370 g/mol. The number of likely N-dealkylation sites (N-methyl/N-ethyl adjacent to an activating group) is 1. The summed E-state index contributed by atoms with van der Waals surface area (Å²) in [4.78, 5) is 5.18. The number of nitrogens with zero attached hydrogens (tertiary/aromatic N) is 6. The van der Waals surface area contributed by atoms with Crippen molar-refractivity contribution in [3.8, 4) is 0 Å². The molecule has 0 bridgehead atoms. The van der Waals surface area contributed by atoms with Crippen LogP contribution in [0.15, 0.2) is 30.3 Å². The Balaban J connectivity index is 1.64. The van der Waals surface area contributed by atoms with E-state index in [-0.39, 0.29) is 5.54 Å². The van der Waals surface area contributed by atoms with Crippen LogP contribution in [0, 0.1) is 0 Å². The molecule has 0 radical (unpaired) electrons. The van der Waals surface area contributed by atoms with E-state index in [0.29, 0.717) is 6.54 Å². The maximum absolute atomic E-state index is 5.73. The minimum Gasteiger partial charge on any atom is -0.381 e. The lowest BCUT2D eigenvalue weighted by atomic mass is 9.86. The Hall–Kier alpha value is -1.83. The van der Waals surface area contributed by atoms with Gasteiger partial charge in [-0.1, -0.05) is 37.3 Å². The summed E-state index contributed by atoms with van der Waals surface area (Å²) in [7, 11) is 0. The van der Waals surface area contributed by atoms with Crippen LogP contribution in [0.25, 0.3) is 0 Å². The van der Waals surface area contributed by atoms with Gasteiger partial charge < -0.3 is 9.64 Å². The summed E-state index contributed by atoms with van der Waals surface area (Å²) in [6.07, 6.45) is 3.10. The largest absolute Gasteiger partial charge is 0.381 e. The first kappa shape index (κ1) is 18.5. The predicted molar refractivity (Wildman–Crippen MR) is 103 cm³/mol. The lowest BCUT2D eigenvalue weighted by molar-refractivity contribution is -0.0380. The molecule has 0 aliphatic carbocycles. The number of aromatic nitrogens is 4. The molecule has 0 spiro atoms. The van der Waals surface area contributed by atoms with Gasteiger partial charge in [0.05, 0.1) is 12.1 Å². The number of rotatable bonds is 5. The quantitative estimate of drug-likeness (QED) is 0.799. The summed E-state index contributed by atoms with van der Waals surface area (Å²) in [6, 6.07) is 10.4. The summed E-state index contributed by atoms with van der Waals surface area (Å²) in [5.74, 6) is 1.000. The lowest BCUT2D eigenvalue weighted by Crippen LogP contribution is -2.52. The van der Waals surface area contributed by atoms with Crippen molar-refractivity contribution in [3.05, 3.63) is 41.7 Å². The first-order valence-corrected chi connectivity index (χ1v) is 10.2. The van der Waals surface area contributed by atoms with E-state index in [4.69, 9.17) is 4.74 Å². The Kier molecular flexibility index (Phi) is 5.80. The molecule has 27 heavy (non-hydrogen) atoms. The van der Waals surface area contributed by atoms with E-state index in [1.807, 2.05) is 10.7 Å². The zero-order valence-corrected chi connectivity index (χ0v) is 16.3. The van der Waals surface area contributed by atoms with Crippen LogP contribution < -0.4 is 0 Å². The van der Waals surface area contributed by atoms with Crippen LogP contribution in [0.1, 0.15) is 37.6 Å². The molecule has 0 atom stereocenters. The molecule has 2 fully saturated rings. The van der Waals surface area contributed by atoms with Crippen LogP contribution in [0.3, 0.4) is 0 Å². The van der Waals surface area contributed by atoms with Gasteiger partial charge in [0.15, 0.2) is 5.82 Å². The van der Waals surface area contributed by atoms with Gasteiger partial charge >= 0.3 is 0 Å². The molecule has 3 heterocycles. The Bertz CT molecular complexity index is 712. The van der Waals surface area contributed by atoms with Crippen LogP contribution in [0.4, 0.5) is 0 Å². The highest BCUT2D eigenvalue weighted by molar-refractivity contribution is 5.16. The average Bonchev–Trinajstić information content (AvgIpc) is 3.05. The molecule has 1 aromatic carbocycles. The third-order valence-corrected chi connectivity index (χ3v) is 6.08. The van der Waals surface area contributed by atoms with Crippen LogP contribution in [-0.4, -0.2) is 75.9 Å². The fraction of sp³-hybridized carbons (Fsp3) is 0.650. The second-order valence-corrected chi connectivity index (χ2v) is 7.56. The molecule has 0 amide bonds. The molecular weight excluding hydrogens is 340 g/mol. The SMILES string of the molecule is CCN1CCCN(C2(c3nnnn3Cc3ccccc3)CCOCC2)CC1. The van der Waals surface area contributed by atoms with E-state index < -0.39 is 0 Å². The summed E-state index contributed by atoms with van der Waals surface area (Å²) < 4.78 is 7.73. The highest BCUT2D eigenvalue weighted by atomic mass is 16.5. The van der Waals surface area contributed by atoms with Gasteiger partial charge in [-0.3, -0.25) is 4.90 Å². The van der Waals surface area contributed by atoms with E-state index in [9.17, 15) is 0 Å². The molecule has 0 N–H and O–H groups in total. The molecule has 0 unspecified atom stereocenters. The molecule has 4 rings (SSSR count). The van der Waals surface area contributed by atoms with Crippen molar-refractivity contribution in [3.63, 3.8) is 0 Å². The van der Waals surface area contributed by atoms with Gasteiger partial charge in [0.1, 0.15) is 0 Å². The molecule has 7 heteroatoms. The highest BCUT2D eigenvalue weighted by Gasteiger charge is 2.44. The molecule has 2 aromatic rings. The van der Waals surface area contributed by atoms with Crippen LogP contribution in [0.2, 0.25) is 0 Å². The second kappa shape index (κ2) is 8.46. The van der Waals surface area contributed by atoms with Crippen LogP contribution >= 0.6 is 0 Å². The van der Waals surface area contributed by atoms with Gasteiger partial charge in [-0.25, -0.2) is 4.68 Å². The smallest absolute Gasteiger partial charge is 0.172 e. The maximum Gasteiger partial charge on any atom is 0.172 e. The number of ether oxygens (including phenoxy) is 1. The Morgan fingerprint density at radius 3 is 2.63 bits per heavy atom. The Morgan fingerprint density at radius 2 is 1.85 bits per heavy atom. The van der Waals surface area contributed by atoms with Crippen LogP contribution in [-0.2, 0) is 16.8 Å². The molecule has 1 aromatic heterocycles. The topological polar surface area (TPSA) is 59.3 Å². The third-order valence-electron chi connectivity index (χ3n) is 6.08. The summed E-state index contributed by atoms with van der Waals surface area (Å²) >= 11 is 0. The van der Waals surface area contributed by atoms with Gasteiger partial charge in [0, 0.05) is 32.8 Å². The minimum absolute atomic E-state index is 0.125. The van der Waals surface area contributed by atoms with Crippen molar-refractivity contribution in [1.29, 1.82) is 0 Å². The molecule has 7 nitrogen and oxygen atoms in total. The molecular formula is C20H30N6O. The van der Waals surface area contributed by atoms with Crippen LogP contribution in [0.5, 0.6) is 0 Å². The first-order chi connectivity index (χ1) is 13.3. The van der Waals surface area contributed by atoms with E-state index in [1.165, 1.54) is 18.5 Å². The number of tetrazole rings is 1. The zero-order chi connectivity index (χ0) is 18.5. The minimum atomic E-state index is -0.125. The van der Waals surface area contributed by atoms with Gasteiger partial charge in [0.25, 0.3) is 0 Å². The van der Waals surface area contributed by atoms with Crippen molar-refractivity contribution >= 4 is 0 Å². The summed E-state index contributed by atoms with van der Waals surface area (Å²) in [5.41, 5.74) is 1.10. The van der Waals surface area contributed by atoms with Gasteiger partial charge in [-0.05, 0) is 48.3 Å². The van der Waals surface area contributed by atoms with Gasteiger partial charge in [-0.2, -0.15) is 0 Å². The second-order valence-electron chi connectivity index (χ2n) is 7.56. The third kappa shape index (κ3) is 3.90. The van der Waals surface area contributed by atoms with Crippen molar-refractivity contribution in [1.82, 2.24) is 30.0 Å². The Morgan fingerprint density at radius 1 is 1.04 bits per heavy atom. The van der Waals surface area contributed by atoms with Crippen molar-refractivity contribution in [2.45, 2.75) is 38.3 Å². The van der Waals surface area contributed by atoms with Crippen molar-refractivity contribution in [2.75, 3.05) is 45.9 Å². The predicted octanol–water partition coefficient (Wildman–Crippen LogP) is 1.75.